The number of benzene rings is 3. The molecule has 3 amide bonds. The van der Waals surface area contributed by atoms with E-state index in [4.69, 9.17) is 5.14 Å². The molecule has 33 heavy (non-hydrogen) atoms. The first-order valence-corrected chi connectivity index (χ1v) is 11.5. The van der Waals surface area contributed by atoms with Crippen LogP contribution in [0, 0.1) is 0 Å². The standard InChI is InChI=1S/C23H20N4O5S/c24-33(31,32)17-11-12-19-18(13-17)26-23(30)21(15-7-3-1-4-8-15)27(19)20(28)14-25-22(29)16-9-5-2-6-10-16/h1-13,21H,14H2,(H,25,29)(H,26,30)(H2,24,31,32). The van der Waals surface area contributed by atoms with Crippen LogP contribution in [0.1, 0.15) is 22.0 Å². The van der Waals surface area contributed by atoms with Crippen LogP contribution in [0.2, 0.25) is 0 Å². The number of hydrogen-bond acceptors (Lipinski definition) is 5. The van der Waals surface area contributed by atoms with Crippen LogP contribution < -0.4 is 20.7 Å². The molecule has 3 aromatic carbocycles. The van der Waals surface area contributed by atoms with Gasteiger partial charge in [0, 0.05) is 5.56 Å². The zero-order valence-corrected chi connectivity index (χ0v) is 18.1. The van der Waals surface area contributed by atoms with Crippen molar-refractivity contribution in [2.45, 2.75) is 10.9 Å². The SMILES string of the molecule is NS(=O)(=O)c1ccc2c(c1)NC(=O)C(c1ccccc1)N2C(=O)CNC(=O)c1ccccc1. The van der Waals surface area contributed by atoms with Crippen LogP contribution in [0.15, 0.2) is 83.8 Å². The van der Waals surface area contributed by atoms with Gasteiger partial charge >= 0.3 is 0 Å². The molecule has 3 aromatic rings. The highest BCUT2D eigenvalue weighted by molar-refractivity contribution is 7.89. The first kappa shape index (κ1) is 22.2. The van der Waals surface area contributed by atoms with Gasteiger partial charge in [0.2, 0.25) is 15.9 Å². The Morgan fingerprint density at radius 1 is 0.970 bits per heavy atom. The van der Waals surface area contributed by atoms with Gasteiger partial charge in [-0.2, -0.15) is 0 Å². The maximum Gasteiger partial charge on any atom is 0.252 e. The molecule has 0 spiro atoms. The molecule has 1 atom stereocenters. The van der Waals surface area contributed by atoms with E-state index in [-0.39, 0.29) is 22.8 Å². The van der Waals surface area contributed by atoms with Crippen molar-refractivity contribution in [3.8, 4) is 0 Å². The van der Waals surface area contributed by atoms with Gasteiger partial charge in [-0.15, -0.1) is 0 Å². The molecule has 1 unspecified atom stereocenters. The number of nitrogens with two attached hydrogens (primary N) is 1. The van der Waals surface area contributed by atoms with E-state index < -0.39 is 33.8 Å². The average Bonchev–Trinajstić information content (AvgIpc) is 2.81. The van der Waals surface area contributed by atoms with Crippen molar-refractivity contribution in [2.24, 2.45) is 5.14 Å². The Hall–Kier alpha value is -4.02. The molecule has 1 aliphatic rings. The average molecular weight is 465 g/mol. The van der Waals surface area contributed by atoms with Gasteiger partial charge in [0.05, 0.1) is 22.8 Å². The Balaban J connectivity index is 1.70. The second-order valence-electron chi connectivity index (χ2n) is 7.34. The summed E-state index contributed by atoms with van der Waals surface area (Å²) >= 11 is 0. The van der Waals surface area contributed by atoms with Gasteiger partial charge in [-0.05, 0) is 35.9 Å². The molecule has 0 saturated carbocycles. The molecule has 9 nitrogen and oxygen atoms in total. The summed E-state index contributed by atoms with van der Waals surface area (Å²) in [5, 5.41) is 10.4. The quantitative estimate of drug-likeness (QED) is 0.528. The lowest BCUT2D eigenvalue weighted by atomic mass is 10.00. The summed E-state index contributed by atoms with van der Waals surface area (Å²) in [5.74, 6) is -1.51. The minimum Gasteiger partial charge on any atom is -0.343 e. The van der Waals surface area contributed by atoms with Gasteiger partial charge in [0.1, 0.15) is 6.04 Å². The summed E-state index contributed by atoms with van der Waals surface area (Å²) in [6.45, 7) is -0.374. The van der Waals surface area contributed by atoms with E-state index >= 15 is 0 Å². The third kappa shape index (κ3) is 4.61. The fraction of sp³-hybridized carbons (Fsp3) is 0.0870. The Kier molecular flexibility index (Phi) is 5.95. The second kappa shape index (κ2) is 8.85. The van der Waals surface area contributed by atoms with Gasteiger partial charge < -0.3 is 10.6 Å². The molecule has 4 rings (SSSR count). The first-order valence-electron chi connectivity index (χ1n) is 9.93. The van der Waals surface area contributed by atoms with E-state index in [1.54, 1.807) is 60.7 Å². The number of fused-ring (bicyclic) bond motifs is 1. The van der Waals surface area contributed by atoms with Crippen LogP contribution in [-0.4, -0.2) is 32.7 Å². The number of primary sulfonamides is 1. The largest absolute Gasteiger partial charge is 0.343 e. The maximum atomic E-state index is 13.3. The Morgan fingerprint density at radius 3 is 2.24 bits per heavy atom. The second-order valence-corrected chi connectivity index (χ2v) is 8.90. The molecule has 0 fully saturated rings. The zero-order chi connectivity index (χ0) is 23.6. The highest BCUT2D eigenvalue weighted by atomic mass is 32.2. The number of nitrogens with one attached hydrogen (secondary N) is 2. The number of sulfonamides is 1. The van der Waals surface area contributed by atoms with E-state index in [1.165, 1.54) is 23.1 Å². The van der Waals surface area contributed by atoms with E-state index in [0.717, 1.165) is 0 Å². The molecule has 168 valence electrons. The van der Waals surface area contributed by atoms with Crippen LogP contribution in [-0.2, 0) is 19.6 Å². The topological polar surface area (TPSA) is 139 Å². The highest BCUT2D eigenvalue weighted by Gasteiger charge is 2.38. The van der Waals surface area contributed by atoms with Crippen molar-refractivity contribution >= 4 is 39.1 Å². The molecule has 1 aliphatic heterocycles. The fourth-order valence-corrected chi connectivity index (χ4v) is 4.15. The normalized spacial score (nSPS) is 15.4. The number of carbonyl (C=O) groups excluding carboxylic acids is 3. The minimum absolute atomic E-state index is 0.126. The summed E-state index contributed by atoms with van der Waals surface area (Å²) in [6.07, 6.45) is 0. The van der Waals surface area contributed by atoms with Crippen LogP contribution in [0.25, 0.3) is 0 Å². The van der Waals surface area contributed by atoms with Crippen molar-refractivity contribution in [1.82, 2.24) is 5.32 Å². The molecule has 0 radical (unpaired) electrons. The molecule has 0 saturated heterocycles. The first-order chi connectivity index (χ1) is 15.8. The van der Waals surface area contributed by atoms with Gasteiger partial charge in [-0.25, -0.2) is 13.6 Å². The monoisotopic (exact) mass is 464 g/mol. The zero-order valence-electron chi connectivity index (χ0n) is 17.3. The molecule has 1 heterocycles. The van der Waals surface area contributed by atoms with E-state index in [1.807, 2.05) is 0 Å². The number of nitrogens with zero attached hydrogens (tertiary/aromatic N) is 1. The lowest BCUT2D eigenvalue weighted by Gasteiger charge is -2.37. The smallest absolute Gasteiger partial charge is 0.252 e. The van der Waals surface area contributed by atoms with Crippen LogP contribution in [0.5, 0.6) is 0 Å². The summed E-state index contributed by atoms with van der Waals surface area (Å²) in [6, 6.07) is 19.9. The molecule has 0 aromatic heterocycles. The molecule has 10 heteroatoms. The molecular weight excluding hydrogens is 444 g/mol. The highest BCUT2D eigenvalue weighted by Crippen LogP contribution is 2.39. The molecule has 0 bridgehead atoms. The van der Waals surface area contributed by atoms with Gasteiger partial charge in [-0.1, -0.05) is 48.5 Å². The van der Waals surface area contributed by atoms with Crippen LogP contribution in [0.3, 0.4) is 0 Å². The predicted molar refractivity (Wildman–Crippen MR) is 122 cm³/mol. The fourth-order valence-electron chi connectivity index (χ4n) is 3.61. The summed E-state index contributed by atoms with van der Waals surface area (Å²) in [4.78, 5) is 39.8. The van der Waals surface area contributed by atoms with Crippen molar-refractivity contribution in [3.05, 3.63) is 90.0 Å². The third-order valence-corrected chi connectivity index (χ3v) is 6.05. The van der Waals surface area contributed by atoms with E-state index in [0.29, 0.717) is 11.1 Å². The number of amides is 3. The number of rotatable bonds is 5. The summed E-state index contributed by atoms with van der Waals surface area (Å²) in [7, 11) is -4.02. The summed E-state index contributed by atoms with van der Waals surface area (Å²) in [5.41, 5.74) is 1.36. The van der Waals surface area contributed by atoms with Gasteiger partial charge in [0.25, 0.3) is 11.8 Å². The Labute approximate surface area is 190 Å². The van der Waals surface area contributed by atoms with Crippen molar-refractivity contribution in [2.75, 3.05) is 16.8 Å². The van der Waals surface area contributed by atoms with Crippen LogP contribution in [0.4, 0.5) is 11.4 Å². The lowest BCUT2D eigenvalue weighted by Crippen LogP contribution is -2.48. The van der Waals surface area contributed by atoms with Crippen molar-refractivity contribution in [1.29, 1.82) is 0 Å². The number of carbonyl (C=O) groups is 3. The minimum atomic E-state index is -4.02. The summed E-state index contributed by atoms with van der Waals surface area (Å²) < 4.78 is 23.5. The van der Waals surface area contributed by atoms with Crippen molar-refractivity contribution in [3.63, 3.8) is 0 Å². The molecule has 4 N–H and O–H groups in total. The lowest BCUT2D eigenvalue weighted by molar-refractivity contribution is -0.123. The van der Waals surface area contributed by atoms with Gasteiger partial charge in [-0.3, -0.25) is 19.3 Å². The van der Waals surface area contributed by atoms with Crippen LogP contribution >= 0.6 is 0 Å². The molecular formula is C23H20N4O5S. The predicted octanol–water partition coefficient (Wildman–Crippen LogP) is 1.79. The Morgan fingerprint density at radius 2 is 1.61 bits per heavy atom. The number of anilines is 2. The molecule has 0 aliphatic carbocycles. The van der Waals surface area contributed by atoms with Crippen molar-refractivity contribution < 1.29 is 22.8 Å². The third-order valence-electron chi connectivity index (χ3n) is 5.14. The van der Waals surface area contributed by atoms with E-state index in [2.05, 4.69) is 10.6 Å². The van der Waals surface area contributed by atoms with Gasteiger partial charge in [0.15, 0.2) is 0 Å². The Bertz CT molecular complexity index is 1330. The number of hydrogen-bond donors (Lipinski definition) is 3. The van der Waals surface area contributed by atoms with E-state index in [9.17, 15) is 22.8 Å². The maximum absolute atomic E-state index is 13.3.